The molecule has 138 valence electrons. The number of carbonyl (C=O) groups excluding carboxylic acids is 3. The van der Waals surface area contributed by atoms with Crippen LogP contribution in [-0.2, 0) is 16.0 Å². The number of pyridine rings is 1. The van der Waals surface area contributed by atoms with Gasteiger partial charge in [-0.05, 0) is 31.0 Å². The third-order valence-electron chi connectivity index (χ3n) is 4.77. The number of carbonyl (C=O) groups is 3. The van der Waals surface area contributed by atoms with Gasteiger partial charge in [0.1, 0.15) is 11.5 Å². The number of fused-ring (bicyclic) bond motifs is 2. The van der Waals surface area contributed by atoms with E-state index in [0.717, 1.165) is 18.5 Å². The standard InChI is InChI=1S/C20H18N2O5/c1-11(23)27-18-9-19-16(22(2)20(25)10-26-19)8-13(18)15-7-6-12-14(21-15)4-3-5-17(12)24/h6-9H,3-5,10H2,1-2H3. The molecule has 2 heterocycles. The van der Waals surface area contributed by atoms with Crippen LogP contribution in [0.4, 0.5) is 5.69 Å². The van der Waals surface area contributed by atoms with Crippen molar-refractivity contribution in [1.82, 2.24) is 4.98 Å². The second kappa shape index (κ2) is 6.50. The molecule has 1 aliphatic carbocycles. The first-order valence-electron chi connectivity index (χ1n) is 8.73. The number of benzene rings is 1. The minimum absolute atomic E-state index is 0.0679. The van der Waals surface area contributed by atoms with Crippen LogP contribution in [0, 0.1) is 0 Å². The maximum atomic E-state index is 12.0. The van der Waals surface area contributed by atoms with Crippen molar-refractivity contribution >= 4 is 23.3 Å². The molecule has 0 spiro atoms. The van der Waals surface area contributed by atoms with E-state index in [4.69, 9.17) is 9.47 Å². The first-order chi connectivity index (χ1) is 12.9. The minimum atomic E-state index is -0.468. The number of esters is 1. The highest BCUT2D eigenvalue weighted by Gasteiger charge is 2.26. The molecule has 0 saturated carbocycles. The van der Waals surface area contributed by atoms with Gasteiger partial charge in [0.25, 0.3) is 5.91 Å². The Bertz CT molecular complexity index is 983. The van der Waals surface area contributed by atoms with E-state index in [9.17, 15) is 14.4 Å². The minimum Gasteiger partial charge on any atom is -0.481 e. The van der Waals surface area contributed by atoms with Crippen LogP contribution in [0.3, 0.4) is 0 Å². The van der Waals surface area contributed by atoms with E-state index >= 15 is 0 Å². The Morgan fingerprint density at radius 1 is 1.19 bits per heavy atom. The molecule has 2 aliphatic rings. The van der Waals surface area contributed by atoms with Crippen molar-refractivity contribution in [2.45, 2.75) is 26.2 Å². The smallest absolute Gasteiger partial charge is 0.308 e. The SMILES string of the molecule is CC(=O)Oc1cc2c(cc1-c1ccc3c(n1)CCCC3=O)N(C)C(=O)CO2. The number of anilines is 1. The highest BCUT2D eigenvalue weighted by atomic mass is 16.5. The average Bonchev–Trinajstić information content (AvgIpc) is 2.64. The second-order valence-corrected chi connectivity index (χ2v) is 6.62. The normalized spacial score (nSPS) is 15.7. The monoisotopic (exact) mass is 366 g/mol. The molecule has 1 aromatic heterocycles. The third kappa shape index (κ3) is 3.05. The van der Waals surface area contributed by atoms with Crippen molar-refractivity contribution in [3.63, 3.8) is 0 Å². The van der Waals surface area contributed by atoms with Crippen molar-refractivity contribution in [3.8, 4) is 22.8 Å². The van der Waals surface area contributed by atoms with Crippen molar-refractivity contribution in [2.24, 2.45) is 0 Å². The van der Waals surface area contributed by atoms with Gasteiger partial charge in [-0.15, -0.1) is 0 Å². The van der Waals surface area contributed by atoms with Gasteiger partial charge in [-0.3, -0.25) is 19.4 Å². The summed E-state index contributed by atoms with van der Waals surface area (Å²) in [5.41, 5.74) is 3.11. The molecule has 0 radical (unpaired) electrons. The van der Waals surface area contributed by atoms with E-state index in [1.807, 2.05) is 0 Å². The Morgan fingerprint density at radius 3 is 2.78 bits per heavy atom. The number of nitrogens with zero attached hydrogens (tertiary/aromatic N) is 2. The fraction of sp³-hybridized carbons (Fsp3) is 0.300. The van der Waals surface area contributed by atoms with E-state index < -0.39 is 5.97 Å². The molecule has 1 aliphatic heterocycles. The summed E-state index contributed by atoms with van der Waals surface area (Å²) in [7, 11) is 1.66. The van der Waals surface area contributed by atoms with E-state index in [1.54, 1.807) is 31.3 Å². The number of ketones is 1. The fourth-order valence-electron chi connectivity index (χ4n) is 3.38. The number of hydrogen-bond acceptors (Lipinski definition) is 6. The van der Waals surface area contributed by atoms with Crippen molar-refractivity contribution in [2.75, 3.05) is 18.6 Å². The topological polar surface area (TPSA) is 85.8 Å². The predicted molar refractivity (Wildman–Crippen MR) is 97.2 cm³/mol. The van der Waals surface area contributed by atoms with Crippen LogP contribution < -0.4 is 14.4 Å². The van der Waals surface area contributed by atoms with E-state index in [-0.39, 0.29) is 18.3 Å². The molecule has 1 amide bonds. The molecule has 2 aromatic rings. The zero-order chi connectivity index (χ0) is 19.1. The number of aromatic nitrogens is 1. The van der Waals surface area contributed by atoms with Crippen LogP contribution in [0.25, 0.3) is 11.3 Å². The summed E-state index contributed by atoms with van der Waals surface area (Å²) in [4.78, 5) is 41.7. The molecule has 7 nitrogen and oxygen atoms in total. The van der Waals surface area contributed by atoms with Crippen LogP contribution >= 0.6 is 0 Å². The predicted octanol–water partition coefficient (Wildman–Crippen LogP) is 2.55. The van der Waals surface area contributed by atoms with Gasteiger partial charge >= 0.3 is 5.97 Å². The number of ether oxygens (including phenoxy) is 2. The Hall–Kier alpha value is -3.22. The molecule has 27 heavy (non-hydrogen) atoms. The number of rotatable bonds is 2. The number of Topliss-reactive ketones (excluding diaryl/α,β-unsaturated/α-hetero) is 1. The van der Waals surface area contributed by atoms with Gasteiger partial charge in [-0.25, -0.2) is 0 Å². The van der Waals surface area contributed by atoms with Gasteiger partial charge in [-0.2, -0.15) is 0 Å². The van der Waals surface area contributed by atoms with Gasteiger partial charge in [0.2, 0.25) is 0 Å². The van der Waals surface area contributed by atoms with Crippen molar-refractivity contribution < 1.29 is 23.9 Å². The highest BCUT2D eigenvalue weighted by Crippen LogP contribution is 2.42. The zero-order valence-electron chi connectivity index (χ0n) is 15.1. The Balaban J connectivity index is 1.87. The molecule has 4 rings (SSSR count). The first-order valence-corrected chi connectivity index (χ1v) is 8.73. The molecule has 7 heteroatoms. The number of likely N-dealkylation sites (N-methyl/N-ethyl adjacent to an activating group) is 1. The van der Waals surface area contributed by atoms with Crippen LogP contribution in [0.1, 0.15) is 35.8 Å². The van der Waals surface area contributed by atoms with Crippen molar-refractivity contribution in [3.05, 3.63) is 35.5 Å². The Labute approximate surface area is 155 Å². The van der Waals surface area contributed by atoms with Crippen LogP contribution in [0.15, 0.2) is 24.3 Å². The van der Waals surface area contributed by atoms with Crippen LogP contribution in [-0.4, -0.2) is 36.3 Å². The summed E-state index contributed by atoms with van der Waals surface area (Å²) >= 11 is 0. The Morgan fingerprint density at radius 2 is 2.00 bits per heavy atom. The molecular weight excluding hydrogens is 348 g/mol. The van der Waals surface area contributed by atoms with Gasteiger partial charge in [-0.1, -0.05) is 0 Å². The van der Waals surface area contributed by atoms with Crippen LogP contribution in [0.5, 0.6) is 11.5 Å². The lowest BCUT2D eigenvalue weighted by molar-refractivity contribution is -0.131. The summed E-state index contributed by atoms with van der Waals surface area (Å²) in [5, 5.41) is 0. The lowest BCUT2D eigenvalue weighted by Gasteiger charge is -2.27. The maximum Gasteiger partial charge on any atom is 0.308 e. The van der Waals surface area contributed by atoms with Gasteiger partial charge < -0.3 is 14.4 Å². The molecule has 0 N–H and O–H groups in total. The van der Waals surface area contributed by atoms with Gasteiger partial charge in [0.05, 0.1) is 17.1 Å². The second-order valence-electron chi connectivity index (χ2n) is 6.62. The number of hydrogen-bond donors (Lipinski definition) is 0. The summed E-state index contributed by atoms with van der Waals surface area (Å²) in [5.74, 6) is 0.228. The number of aryl methyl sites for hydroxylation is 1. The van der Waals surface area contributed by atoms with Crippen molar-refractivity contribution in [1.29, 1.82) is 0 Å². The lowest BCUT2D eigenvalue weighted by atomic mass is 9.94. The zero-order valence-corrected chi connectivity index (χ0v) is 15.1. The first kappa shape index (κ1) is 17.2. The molecule has 0 atom stereocenters. The maximum absolute atomic E-state index is 12.0. The summed E-state index contributed by atoms with van der Waals surface area (Å²) in [6.45, 7) is 1.25. The van der Waals surface area contributed by atoms with E-state index in [1.165, 1.54) is 11.8 Å². The molecule has 0 bridgehead atoms. The summed E-state index contributed by atoms with van der Waals surface area (Å²) < 4.78 is 10.8. The Kier molecular flexibility index (Phi) is 4.14. The molecule has 1 aromatic carbocycles. The molecule has 0 fully saturated rings. The molecule has 0 saturated heterocycles. The third-order valence-corrected chi connectivity index (χ3v) is 4.77. The van der Waals surface area contributed by atoms with E-state index in [2.05, 4.69) is 4.98 Å². The fourth-order valence-corrected chi connectivity index (χ4v) is 3.38. The summed E-state index contributed by atoms with van der Waals surface area (Å²) in [6.07, 6.45) is 2.04. The number of amides is 1. The van der Waals surface area contributed by atoms with E-state index in [0.29, 0.717) is 40.4 Å². The van der Waals surface area contributed by atoms with Gasteiger partial charge in [0.15, 0.2) is 12.4 Å². The quantitative estimate of drug-likeness (QED) is 0.600. The van der Waals surface area contributed by atoms with Gasteiger partial charge in [0, 0.05) is 37.6 Å². The van der Waals surface area contributed by atoms with Crippen LogP contribution in [0.2, 0.25) is 0 Å². The average molecular weight is 366 g/mol. The summed E-state index contributed by atoms with van der Waals surface area (Å²) in [6, 6.07) is 6.83. The molecule has 0 unspecified atom stereocenters. The highest BCUT2D eigenvalue weighted by molar-refractivity contribution is 6.00. The lowest BCUT2D eigenvalue weighted by Crippen LogP contribution is -2.35. The largest absolute Gasteiger partial charge is 0.481 e. The molecular formula is C20H18N2O5.